The van der Waals surface area contributed by atoms with Crippen molar-refractivity contribution in [2.75, 3.05) is 5.73 Å². The molecule has 2 aromatic heterocycles. The van der Waals surface area contributed by atoms with Gasteiger partial charge in [-0.05, 0) is 30.3 Å². The summed E-state index contributed by atoms with van der Waals surface area (Å²) in [5.41, 5.74) is 6.88. The number of benzene rings is 1. The highest BCUT2D eigenvalue weighted by Gasteiger charge is 2.31. The van der Waals surface area contributed by atoms with Gasteiger partial charge in [-0.2, -0.15) is 5.10 Å². The molecule has 3 heterocycles. The summed E-state index contributed by atoms with van der Waals surface area (Å²) in [5.74, 6) is -0.715. The van der Waals surface area contributed by atoms with Gasteiger partial charge in [-0.3, -0.25) is 28.9 Å². The lowest BCUT2D eigenvalue weighted by Gasteiger charge is -2.13. The van der Waals surface area contributed by atoms with Gasteiger partial charge in [-0.15, -0.1) is 0 Å². The van der Waals surface area contributed by atoms with Crippen molar-refractivity contribution in [2.24, 2.45) is 7.05 Å². The molecule has 0 saturated heterocycles. The molecular weight excluding hydrogens is 350 g/mol. The van der Waals surface area contributed by atoms with E-state index < -0.39 is 17.4 Å². The SMILES string of the molecule is Cn1nccc1COc1ccc(-n2c(N)c3c(cc2=O)C(=O)NC3=O)cc1. The van der Waals surface area contributed by atoms with Crippen molar-refractivity contribution < 1.29 is 14.3 Å². The van der Waals surface area contributed by atoms with Crippen LogP contribution < -0.4 is 21.3 Å². The second-order valence-corrected chi connectivity index (χ2v) is 6.00. The number of hydrogen-bond acceptors (Lipinski definition) is 6. The number of aryl methyl sites for hydroxylation is 1. The highest BCUT2D eigenvalue weighted by atomic mass is 16.5. The number of pyridine rings is 1. The van der Waals surface area contributed by atoms with Crippen LogP contribution >= 0.6 is 0 Å². The van der Waals surface area contributed by atoms with Crippen molar-refractivity contribution in [3.63, 3.8) is 0 Å². The van der Waals surface area contributed by atoms with Gasteiger partial charge in [0.05, 0.1) is 22.5 Å². The maximum atomic E-state index is 12.4. The quantitative estimate of drug-likeness (QED) is 0.654. The van der Waals surface area contributed by atoms with Gasteiger partial charge in [0.25, 0.3) is 17.4 Å². The zero-order valence-corrected chi connectivity index (χ0v) is 14.3. The van der Waals surface area contributed by atoms with Crippen molar-refractivity contribution >= 4 is 17.6 Å². The van der Waals surface area contributed by atoms with E-state index in [0.29, 0.717) is 18.0 Å². The summed E-state index contributed by atoms with van der Waals surface area (Å²) < 4.78 is 8.60. The highest BCUT2D eigenvalue weighted by Crippen LogP contribution is 2.24. The van der Waals surface area contributed by atoms with Crippen molar-refractivity contribution in [1.82, 2.24) is 19.7 Å². The molecule has 9 nitrogen and oxygen atoms in total. The summed E-state index contributed by atoms with van der Waals surface area (Å²) in [4.78, 5) is 36.0. The Kier molecular flexibility index (Phi) is 3.76. The topological polar surface area (TPSA) is 121 Å². The first kappa shape index (κ1) is 16.6. The fourth-order valence-electron chi connectivity index (χ4n) is 2.94. The zero-order chi connectivity index (χ0) is 19.1. The van der Waals surface area contributed by atoms with E-state index in [9.17, 15) is 14.4 Å². The molecule has 0 aliphatic carbocycles. The van der Waals surface area contributed by atoms with E-state index in [2.05, 4.69) is 10.4 Å². The first-order valence-corrected chi connectivity index (χ1v) is 8.07. The van der Waals surface area contributed by atoms with Crippen molar-refractivity contribution in [3.8, 4) is 11.4 Å². The minimum absolute atomic E-state index is 0.00474. The zero-order valence-electron chi connectivity index (χ0n) is 14.3. The van der Waals surface area contributed by atoms with Gasteiger partial charge in [-0.1, -0.05) is 0 Å². The molecule has 0 fully saturated rings. The van der Waals surface area contributed by atoms with Crippen LogP contribution in [0.3, 0.4) is 0 Å². The number of nitrogens with one attached hydrogen (secondary N) is 1. The van der Waals surface area contributed by atoms with Crippen LogP contribution in [-0.4, -0.2) is 26.2 Å². The van der Waals surface area contributed by atoms with E-state index in [1.807, 2.05) is 13.1 Å². The number of fused-ring (bicyclic) bond motifs is 1. The molecule has 27 heavy (non-hydrogen) atoms. The molecule has 0 radical (unpaired) electrons. The summed E-state index contributed by atoms with van der Waals surface area (Å²) >= 11 is 0. The van der Waals surface area contributed by atoms with Gasteiger partial charge in [0.15, 0.2) is 0 Å². The van der Waals surface area contributed by atoms with Crippen molar-refractivity contribution in [2.45, 2.75) is 6.61 Å². The van der Waals surface area contributed by atoms with Crippen LogP contribution in [0.5, 0.6) is 5.75 Å². The number of amides is 2. The fraction of sp³-hybridized carbons (Fsp3) is 0.111. The summed E-state index contributed by atoms with van der Waals surface area (Å²) in [6.07, 6.45) is 1.69. The Labute approximate surface area is 153 Å². The van der Waals surface area contributed by atoms with E-state index in [0.717, 1.165) is 11.8 Å². The van der Waals surface area contributed by atoms with E-state index in [4.69, 9.17) is 10.5 Å². The summed E-state index contributed by atoms with van der Waals surface area (Å²) in [7, 11) is 1.83. The third kappa shape index (κ3) is 2.74. The van der Waals surface area contributed by atoms with E-state index in [-0.39, 0.29) is 16.9 Å². The van der Waals surface area contributed by atoms with Crippen LogP contribution in [-0.2, 0) is 13.7 Å². The van der Waals surface area contributed by atoms with E-state index in [1.165, 1.54) is 4.57 Å². The lowest BCUT2D eigenvalue weighted by Crippen LogP contribution is -2.24. The second kappa shape index (κ2) is 6.13. The number of hydrogen-bond donors (Lipinski definition) is 2. The average Bonchev–Trinajstić information content (AvgIpc) is 3.17. The highest BCUT2D eigenvalue weighted by molar-refractivity contribution is 6.23. The van der Waals surface area contributed by atoms with Gasteiger partial charge < -0.3 is 10.5 Å². The van der Waals surface area contributed by atoms with E-state index in [1.54, 1.807) is 35.1 Å². The number of anilines is 1. The van der Waals surface area contributed by atoms with Crippen LogP contribution in [0, 0.1) is 0 Å². The normalized spacial score (nSPS) is 12.8. The molecule has 1 aromatic carbocycles. The molecule has 0 saturated carbocycles. The van der Waals surface area contributed by atoms with E-state index >= 15 is 0 Å². The minimum atomic E-state index is -0.620. The number of ether oxygens (including phenoxy) is 1. The van der Waals surface area contributed by atoms with Crippen LogP contribution in [0.25, 0.3) is 5.69 Å². The number of aromatic nitrogens is 3. The number of imide groups is 1. The Morgan fingerprint density at radius 3 is 2.52 bits per heavy atom. The van der Waals surface area contributed by atoms with Crippen LogP contribution in [0.4, 0.5) is 5.82 Å². The van der Waals surface area contributed by atoms with Crippen molar-refractivity contribution in [1.29, 1.82) is 0 Å². The van der Waals surface area contributed by atoms with Gasteiger partial charge in [0.1, 0.15) is 18.2 Å². The first-order chi connectivity index (χ1) is 13.0. The molecule has 0 spiro atoms. The molecule has 0 atom stereocenters. The maximum Gasteiger partial charge on any atom is 0.262 e. The van der Waals surface area contributed by atoms with Gasteiger partial charge >= 0.3 is 0 Å². The third-order valence-corrected chi connectivity index (χ3v) is 4.36. The fourth-order valence-corrected chi connectivity index (χ4v) is 2.94. The Hall–Kier alpha value is -3.88. The minimum Gasteiger partial charge on any atom is -0.487 e. The molecular formula is C18H15N5O4. The molecule has 9 heteroatoms. The lowest BCUT2D eigenvalue weighted by atomic mass is 10.1. The standard InChI is InChI=1S/C18H15N5O4/c1-22-11(6-7-20-22)9-27-12-4-2-10(3-5-12)23-14(24)8-13-15(16(23)19)18(26)21-17(13)25/h2-8H,9,19H2,1H3,(H,21,25,26). The molecule has 0 bridgehead atoms. The van der Waals surface area contributed by atoms with Gasteiger partial charge in [0.2, 0.25) is 0 Å². The molecule has 1 aliphatic rings. The molecule has 3 N–H and O–H groups in total. The monoisotopic (exact) mass is 365 g/mol. The molecule has 0 unspecified atom stereocenters. The average molecular weight is 365 g/mol. The largest absolute Gasteiger partial charge is 0.487 e. The predicted molar refractivity (Wildman–Crippen MR) is 95.8 cm³/mol. The summed E-state index contributed by atoms with van der Waals surface area (Å²) in [5, 5.41) is 6.21. The number of nitrogen functional groups attached to an aromatic ring is 1. The third-order valence-electron chi connectivity index (χ3n) is 4.36. The van der Waals surface area contributed by atoms with Crippen LogP contribution in [0.2, 0.25) is 0 Å². The Bertz CT molecular complexity index is 1130. The lowest BCUT2D eigenvalue weighted by molar-refractivity contribution is 0.0880. The van der Waals surface area contributed by atoms with Crippen LogP contribution in [0.15, 0.2) is 47.4 Å². The molecule has 136 valence electrons. The number of nitrogens with two attached hydrogens (primary N) is 1. The summed E-state index contributed by atoms with van der Waals surface area (Å²) in [6, 6.07) is 9.64. The number of carbonyl (C=O) groups is 2. The maximum absolute atomic E-state index is 12.4. The number of nitrogens with zero attached hydrogens (tertiary/aromatic N) is 3. The van der Waals surface area contributed by atoms with Gasteiger partial charge in [0, 0.05) is 19.3 Å². The summed E-state index contributed by atoms with van der Waals surface area (Å²) in [6.45, 7) is 0.346. The second-order valence-electron chi connectivity index (χ2n) is 6.00. The Balaban J connectivity index is 1.64. The smallest absolute Gasteiger partial charge is 0.262 e. The van der Waals surface area contributed by atoms with Crippen molar-refractivity contribution in [3.05, 3.63) is 69.8 Å². The molecule has 2 amide bonds. The number of rotatable bonds is 4. The Morgan fingerprint density at radius 1 is 1.11 bits per heavy atom. The van der Waals surface area contributed by atoms with Gasteiger partial charge in [-0.25, -0.2) is 0 Å². The predicted octanol–water partition coefficient (Wildman–Crippen LogP) is 0.616. The molecule has 1 aliphatic heterocycles. The van der Waals surface area contributed by atoms with Crippen LogP contribution in [0.1, 0.15) is 26.4 Å². The Morgan fingerprint density at radius 2 is 1.85 bits per heavy atom. The first-order valence-electron chi connectivity index (χ1n) is 8.07. The molecule has 4 rings (SSSR count). The molecule has 3 aromatic rings. The number of carbonyl (C=O) groups excluding carboxylic acids is 2.